The highest BCUT2D eigenvalue weighted by molar-refractivity contribution is 7.99. The number of aromatic nitrogens is 2. The van der Waals surface area contributed by atoms with Crippen molar-refractivity contribution in [3.05, 3.63) is 98.8 Å². The largest absolute Gasteiger partial charge is 0.325 e. The van der Waals surface area contributed by atoms with Crippen LogP contribution in [-0.2, 0) is 9.59 Å². The highest BCUT2D eigenvalue weighted by Gasteiger charge is 2.35. The molecule has 8 nitrogen and oxygen atoms in total. The fourth-order valence-electron chi connectivity index (χ4n) is 3.87. The third kappa shape index (κ3) is 5.64. The molecule has 2 heterocycles. The van der Waals surface area contributed by atoms with E-state index in [2.05, 4.69) is 25.9 Å². The summed E-state index contributed by atoms with van der Waals surface area (Å²) in [4.78, 5) is 47.7. The summed E-state index contributed by atoms with van der Waals surface area (Å²) in [7, 11) is 0. The Hall–Kier alpha value is -3.79. The van der Waals surface area contributed by atoms with Crippen molar-refractivity contribution >= 4 is 69.9 Å². The van der Waals surface area contributed by atoms with Crippen molar-refractivity contribution in [2.45, 2.75) is 22.1 Å². The zero-order valence-electron chi connectivity index (χ0n) is 19.0. The van der Waals surface area contributed by atoms with Gasteiger partial charge in [-0.05, 0) is 42.5 Å². The van der Waals surface area contributed by atoms with Gasteiger partial charge in [-0.1, -0.05) is 65.3 Å². The Morgan fingerprint density at radius 1 is 0.973 bits per heavy atom. The quantitative estimate of drug-likeness (QED) is 0.232. The molecule has 186 valence electrons. The van der Waals surface area contributed by atoms with Crippen LogP contribution in [0.15, 0.2) is 87.4 Å². The van der Waals surface area contributed by atoms with Gasteiger partial charge in [0.1, 0.15) is 5.82 Å². The van der Waals surface area contributed by atoms with Gasteiger partial charge < -0.3 is 16.0 Å². The lowest BCUT2D eigenvalue weighted by atomic mass is 9.92. The molecule has 0 radical (unpaired) electrons. The molecule has 37 heavy (non-hydrogen) atoms. The third-order valence-corrected chi connectivity index (χ3v) is 7.20. The number of rotatable bonds is 6. The number of hydrogen-bond donors (Lipinski definition) is 4. The van der Waals surface area contributed by atoms with Gasteiger partial charge in [0.15, 0.2) is 0 Å². The van der Waals surface area contributed by atoms with Gasteiger partial charge in [0.2, 0.25) is 17.8 Å². The van der Waals surface area contributed by atoms with E-state index in [1.54, 1.807) is 24.3 Å². The maximum absolute atomic E-state index is 13.4. The molecule has 1 aromatic heterocycles. The van der Waals surface area contributed by atoms with Crippen LogP contribution in [0.1, 0.15) is 17.9 Å². The Kier molecular flexibility index (Phi) is 7.18. The van der Waals surface area contributed by atoms with Gasteiger partial charge in [-0.3, -0.25) is 19.4 Å². The molecule has 0 spiro atoms. The molecule has 0 unspecified atom stereocenters. The molecule has 11 heteroatoms. The van der Waals surface area contributed by atoms with Crippen LogP contribution >= 0.6 is 35.0 Å². The number of aromatic amines is 1. The fourth-order valence-corrected chi connectivity index (χ4v) is 5.25. The van der Waals surface area contributed by atoms with Crippen molar-refractivity contribution in [2.24, 2.45) is 0 Å². The zero-order valence-corrected chi connectivity index (χ0v) is 21.4. The minimum atomic E-state index is -1.03. The number of anilines is 4. The number of benzene rings is 3. The Labute approximate surface area is 225 Å². The number of nitrogens with zero attached hydrogens (tertiary/aromatic N) is 1. The van der Waals surface area contributed by atoms with Crippen molar-refractivity contribution in [3.63, 3.8) is 0 Å². The van der Waals surface area contributed by atoms with Gasteiger partial charge in [-0.25, -0.2) is 0 Å². The lowest BCUT2D eigenvalue weighted by Gasteiger charge is -2.24. The topological polar surface area (TPSA) is 116 Å². The van der Waals surface area contributed by atoms with Crippen LogP contribution in [0.25, 0.3) is 0 Å². The number of amides is 2. The summed E-state index contributed by atoms with van der Waals surface area (Å²) in [6.07, 6.45) is -0.187. The van der Waals surface area contributed by atoms with Gasteiger partial charge in [0.05, 0.1) is 27.9 Å². The minimum absolute atomic E-state index is 0.0136. The number of fused-ring (bicyclic) bond motifs is 1. The number of para-hydroxylation sites is 1. The van der Waals surface area contributed by atoms with E-state index in [0.29, 0.717) is 21.4 Å². The van der Waals surface area contributed by atoms with E-state index in [4.69, 9.17) is 23.2 Å². The average Bonchev–Trinajstić information content (AvgIpc) is 2.87. The first kappa shape index (κ1) is 24.9. The number of H-pyrrole nitrogens is 1. The number of halogens is 2. The van der Waals surface area contributed by atoms with Crippen LogP contribution in [0.2, 0.25) is 10.0 Å². The molecule has 0 saturated heterocycles. The smallest absolute Gasteiger partial charge is 0.258 e. The van der Waals surface area contributed by atoms with Gasteiger partial charge in [0, 0.05) is 21.2 Å². The van der Waals surface area contributed by atoms with Gasteiger partial charge in [-0.15, -0.1) is 0 Å². The molecular formula is C26H19Cl2N5O3S. The maximum Gasteiger partial charge on any atom is 0.258 e. The molecule has 0 aliphatic carbocycles. The van der Waals surface area contributed by atoms with Gasteiger partial charge in [0.25, 0.3) is 5.56 Å². The molecule has 0 bridgehead atoms. The molecule has 3 aromatic carbocycles. The number of carbonyl (C=O) groups is 2. The highest BCUT2D eigenvalue weighted by Crippen LogP contribution is 2.35. The van der Waals surface area contributed by atoms with E-state index in [0.717, 1.165) is 9.79 Å². The van der Waals surface area contributed by atoms with Crippen molar-refractivity contribution in [3.8, 4) is 0 Å². The second-order valence-corrected chi connectivity index (χ2v) is 10.1. The second kappa shape index (κ2) is 10.7. The standard InChI is InChI=1S/C26H19Cl2N5O3S/c27-14-10-11-18(17(28)12-14)30-26-32-23-22(25(36)33-26)16(13-21(34)31-23)24(35)29-19-8-4-5-9-20(19)37-15-6-2-1-3-7-15/h1-12,16H,13H2,(H,29,35)(H3,30,31,32,33,34,36)/t16-/m1/s1. The number of nitrogens with one attached hydrogen (secondary N) is 4. The van der Waals surface area contributed by atoms with E-state index in [1.807, 2.05) is 42.5 Å². The van der Waals surface area contributed by atoms with Crippen LogP contribution in [0.5, 0.6) is 0 Å². The summed E-state index contributed by atoms with van der Waals surface area (Å²) in [5.41, 5.74) is 0.565. The number of carbonyl (C=O) groups excluding carboxylic acids is 2. The van der Waals surface area contributed by atoms with Crippen LogP contribution in [0.4, 0.5) is 23.1 Å². The summed E-state index contributed by atoms with van der Waals surface area (Å²) in [6.45, 7) is 0. The van der Waals surface area contributed by atoms with Gasteiger partial charge in [-0.2, -0.15) is 4.98 Å². The molecule has 4 N–H and O–H groups in total. The second-order valence-electron chi connectivity index (χ2n) is 8.13. The molecule has 2 amide bonds. The van der Waals surface area contributed by atoms with Crippen LogP contribution in [0, 0.1) is 0 Å². The lowest BCUT2D eigenvalue weighted by molar-refractivity contribution is -0.123. The van der Waals surface area contributed by atoms with E-state index in [-0.39, 0.29) is 23.8 Å². The predicted molar refractivity (Wildman–Crippen MR) is 146 cm³/mol. The maximum atomic E-state index is 13.4. The SMILES string of the molecule is O=C1C[C@@H](C(=O)Nc2ccccc2Sc2ccccc2)c2c(nc(Nc3ccc(Cl)cc3Cl)[nH]c2=O)N1. The number of hydrogen-bond acceptors (Lipinski definition) is 6. The summed E-state index contributed by atoms with van der Waals surface area (Å²) < 4.78 is 0. The van der Waals surface area contributed by atoms with Crippen LogP contribution < -0.4 is 21.5 Å². The van der Waals surface area contributed by atoms with Crippen molar-refractivity contribution in [1.29, 1.82) is 0 Å². The monoisotopic (exact) mass is 551 g/mol. The highest BCUT2D eigenvalue weighted by atomic mass is 35.5. The van der Waals surface area contributed by atoms with Crippen molar-refractivity contribution < 1.29 is 9.59 Å². The first-order chi connectivity index (χ1) is 17.9. The molecule has 4 aromatic rings. The van der Waals surface area contributed by atoms with E-state index in [1.165, 1.54) is 17.8 Å². The predicted octanol–water partition coefficient (Wildman–Crippen LogP) is 6.04. The van der Waals surface area contributed by atoms with E-state index in [9.17, 15) is 14.4 Å². The van der Waals surface area contributed by atoms with E-state index < -0.39 is 23.3 Å². The molecule has 1 aliphatic heterocycles. The van der Waals surface area contributed by atoms with Crippen LogP contribution in [-0.4, -0.2) is 21.8 Å². The Morgan fingerprint density at radius 2 is 1.73 bits per heavy atom. The Balaban J connectivity index is 1.42. The first-order valence-electron chi connectivity index (χ1n) is 11.2. The normalized spacial score (nSPS) is 14.4. The molecule has 0 fully saturated rings. The summed E-state index contributed by atoms with van der Waals surface area (Å²) in [5, 5.41) is 9.17. The van der Waals surface area contributed by atoms with Crippen LogP contribution in [0.3, 0.4) is 0 Å². The van der Waals surface area contributed by atoms with E-state index >= 15 is 0 Å². The summed E-state index contributed by atoms with van der Waals surface area (Å²) >= 11 is 13.6. The minimum Gasteiger partial charge on any atom is -0.325 e. The Bertz CT molecular complexity index is 1560. The average molecular weight is 552 g/mol. The fraction of sp³-hybridized carbons (Fsp3) is 0.0769. The van der Waals surface area contributed by atoms with Crippen molar-refractivity contribution in [1.82, 2.24) is 9.97 Å². The van der Waals surface area contributed by atoms with Crippen molar-refractivity contribution in [2.75, 3.05) is 16.0 Å². The van der Waals surface area contributed by atoms with Gasteiger partial charge >= 0.3 is 0 Å². The summed E-state index contributed by atoms with van der Waals surface area (Å²) in [6, 6.07) is 21.9. The molecule has 1 aliphatic rings. The first-order valence-corrected chi connectivity index (χ1v) is 12.7. The molecule has 0 saturated carbocycles. The zero-order chi connectivity index (χ0) is 25.9. The third-order valence-electron chi connectivity index (χ3n) is 5.57. The molecule has 1 atom stereocenters. The molecule has 5 rings (SSSR count). The summed E-state index contributed by atoms with van der Waals surface area (Å²) in [5.74, 6) is -1.86. The lowest BCUT2D eigenvalue weighted by Crippen LogP contribution is -2.36. The molecular weight excluding hydrogens is 533 g/mol. The Morgan fingerprint density at radius 3 is 2.51 bits per heavy atom.